The zero-order chi connectivity index (χ0) is 17.7. The molecule has 0 aliphatic carbocycles. The zero-order valence-corrected chi connectivity index (χ0v) is 15.0. The van der Waals surface area contributed by atoms with Crippen molar-refractivity contribution >= 4 is 16.1 Å². The Balaban J connectivity index is 1.53. The molecule has 25 heavy (non-hydrogen) atoms. The van der Waals surface area contributed by atoms with Gasteiger partial charge in [0, 0.05) is 26.7 Å². The Morgan fingerprint density at radius 3 is 2.80 bits per heavy atom. The molecule has 0 unspecified atom stereocenters. The molecule has 2 amide bonds. The molecule has 7 nitrogen and oxygen atoms in total. The largest absolute Gasteiger partial charge is 0.365 e. The number of hydrogen-bond acceptors (Lipinski definition) is 4. The smallest absolute Gasteiger partial charge is 0.317 e. The van der Waals surface area contributed by atoms with Gasteiger partial charge < -0.3 is 15.0 Å². The lowest BCUT2D eigenvalue weighted by atomic mass is 9.99. The summed E-state index contributed by atoms with van der Waals surface area (Å²) in [5.74, 6) is 0. The molecule has 3 aliphatic rings. The van der Waals surface area contributed by atoms with E-state index < -0.39 is 20.9 Å². The van der Waals surface area contributed by atoms with Crippen molar-refractivity contribution in [2.45, 2.75) is 29.8 Å². The highest BCUT2D eigenvalue weighted by Gasteiger charge is 2.65. The van der Waals surface area contributed by atoms with Crippen LogP contribution in [0.5, 0.6) is 0 Å². The summed E-state index contributed by atoms with van der Waals surface area (Å²) in [6.07, 6.45) is 0.949. The number of morpholine rings is 1. The summed E-state index contributed by atoms with van der Waals surface area (Å²) in [5.41, 5.74) is 0.326. The van der Waals surface area contributed by atoms with Gasteiger partial charge in [-0.15, -0.1) is 0 Å². The topological polar surface area (TPSA) is 79.0 Å². The van der Waals surface area contributed by atoms with Crippen molar-refractivity contribution in [3.63, 3.8) is 0 Å². The predicted molar refractivity (Wildman–Crippen MR) is 92.7 cm³/mol. The molecule has 136 valence electrons. The van der Waals surface area contributed by atoms with Gasteiger partial charge in [-0.2, -0.15) is 4.31 Å². The monoisotopic (exact) mass is 365 g/mol. The molecular formula is C17H23N3O4S. The number of carbonyl (C=O) groups excluding carboxylic acids is 1. The normalized spacial score (nSPS) is 33.2. The second kappa shape index (κ2) is 5.96. The minimum absolute atomic E-state index is 0.173. The number of rotatable bonds is 3. The maximum atomic E-state index is 13.0. The summed E-state index contributed by atoms with van der Waals surface area (Å²) in [7, 11) is -1.81. The third-order valence-electron chi connectivity index (χ3n) is 5.50. The standard InChI is InChI=1S/C17H23N3O4S/c1-18-16(21)19-10-14-9-15-17(11-19,24-14)12-20(25(15,22)23)8-7-13-5-3-2-4-6-13/h2-6,14-15H,7-12H2,1H3,(H,18,21)/t14-,15+,17+/m0/s1. The van der Waals surface area contributed by atoms with E-state index in [2.05, 4.69) is 5.32 Å². The third-order valence-corrected chi connectivity index (χ3v) is 7.88. The van der Waals surface area contributed by atoms with Crippen LogP contribution in [0, 0.1) is 0 Å². The lowest BCUT2D eigenvalue weighted by Gasteiger charge is -2.39. The number of likely N-dealkylation sites (tertiary alicyclic amines) is 1. The van der Waals surface area contributed by atoms with Gasteiger partial charge in [-0.05, 0) is 18.4 Å². The fraction of sp³-hybridized carbons (Fsp3) is 0.588. The van der Waals surface area contributed by atoms with Crippen LogP contribution in [0.25, 0.3) is 0 Å². The van der Waals surface area contributed by atoms with E-state index in [9.17, 15) is 13.2 Å². The van der Waals surface area contributed by atoms with Crippen LogP contribution < -0.4 is 5.32 Å². The van der Waals surface area contributed by atoms with Crippen LogP contribution in [-0.2, 0) is 21.2 Å². The molecule has 4 rings (SSSR count). The van der Waals surface area contributed by atoms with Crippen LogP contribution >= 0.6 is 0 Å². The molecule has 8 heteroatoms. The van der Waals surface area contributed by atoms with E-state index in [-0.39, 0.29) is 12.1 Å². The number of amides is 2. The van der Waals surface area contributed by atoms with Gasteiger partial charge in [-0.25, -0.2) is 13.2 Å². The van der Waals surface area contributed by atoms with Crippen LogP contribution in [-0.4, -0.2) is 73.8 Å². The molecule has 3 aliphatic heterocycles. The van der Waals surface area contributed by atoms with E-state index in [1.807, 2.05) is 30.3 Å². The van der Waals surface area contributed by atoms with Crippen LogP contribution in [0.1, 0.15) is 12.0 Å². The molecule has 0 radical (unpaired) electrons. The number of fused-ring (bicyclic) bond motifs is 1. The molecule has 2 bridgehead atoms. The van der Waals surface area contributed by atoms with Crippen molar-refractivity contribution in [3.8, 4) is 0 Å². The van der Waals surface area contributed by atoms with Crippen molar-refractivity contribution in [1.82, 2.24) is 14.5 Å². The number of ether oxygens (including phenoxy) is 1. The highest BCUT2D eigenvalue weighted by molar-refractivity contribution is 7.90. The summed E-state index contributed by atoms with van der Waals surface area (Å²) in [6.45, 7) is 1.56. The first-order valence-electron chi connectivity index (χ1n) is 8.62. The van der Waals surface area contributed by atoms with Crippen molar-refractivity contribution < 1.29 is 17.9 Å². The number of benzene rings is 1. The van der Waals surface area contributed by atoms with Gasteiger partial charge in [0.25, 0.3) is 0 Å². The summed E-state index contributed by atoms with van der Waals surface area (Å²) < 4.78 is 33.7. The number of carbonyl (C=O) groups is 1. The third kappa shape index (κ3) is 2.72. The van der Waals surface area contributed by atoms with Crippen molar-refractivity contribution in [1.29, 1.82) is 0 Å². The van der Waals surface area contributed by atoms with E-state index >= 15 is 0 Å². The van der Waals surface area contributed by atoms with E-state index in [1.54, 1.807) is 16.3 Å². The Bertz CT molecular complexity index is 769. The highest BCUT2D eigenvalue weighted by Crippen LogP contribution is 2.46. The molecule has 3 fully saturated rings. The zero-order valence-electron chi connectivity index (χ0n) is 14.2. The van der Waals surface area contributed by atoms with Gasteiger partial charge >= 0.3 is 6.03 Å². The SMILES string of the molecule is CNC(=O)N1C[C@@H]2C[C@@H]3[C@@](C1)(CN(CCc1ccccc1)S3(=O)=O)O2. The van der Waals surface area contributed by atoms with Gasteiger partial charge in [0.2, 0.25) is 10.0 Å². The molecule has 1 spiro atoms. The van der Waals surface area contributed by atoms with Crippen molar-refractivity contribution in [3.05, 3.63) is 35.9 Å². The van der Waals surface area contributed by atoms with Crippen LogP contribution in [0.4, 0.5) is 4.79 Å². The van der Waals surface area contributed by atoms with Crippen LogP contribution in [0.2, 0.25) is 0 Å². The molecule has 0 aromatic heterocycles. The Morgan fingerprint density at radius 1 is 1.32 bits per heavy atom. The Morgan fingerprint density at radius 2 is 2.08 bits per heavy atom. The quantitative estimate of drug-likeness (QED) is 0.842. The molecule has 3 heterocycles. The number of urea groups is 1. The number of sulfonamides is 1. The van der Waals surface area contributed by atoms with Gasteiger partial charge in [0.1, 0.15) is 10.9 Å². The van der Waals surface area contributed by atoms with Crippen LogP contribution in [0.3, 0.4) is 0 Å². The lowest BCUT2D eigenvalue weighted by molar-refractivity contribution is -0.0952. The second-order valence-corrected chi connectivity index (χ2v) is 9.19. The van der Waals surface area contributed by atoms with E-state index in [1.165, 1.54) is 0 Å². The maximum absolute atomic E-state index is 13.0. The maximum Gasteiger partial charge on any atom is 0.317 e. The second-order valence-electron chi connectivity index (χ2n) is 7.08. The fourth-order valence-corrected chi connectivity index (χ4v) is 6.67. The summed E-state index contributed by atoms with van der Waals surface area (Å²) in [4.78, 5) is 13.7. The molecule has 1 aromatic rings. The fourth-order valence-electron chi connectivity index (χ4n) is 4.36. The Labute approximate surface area is 148 Å². The summed E-state index contributed by atoms with van der Waals surface area (Å²) in [6, 6.07) is 9.69. The van der Waals surface area contributed by atoms with Gasteiger partial charge in [-0.3, -0.25) is 0 Å². The van der Waals surface area contributed by atoms with Crippen molar-refractivity contribution in [2.24, 2.45) is 0 Å². The molecular weight excluding hydrogens is 342 g/mol. The average Bonchev–Trinajstić information content (AvgIpc) is 2.98. The molecule has 3 atom stereocenters. The first kappa shape index (κ1) is 16.8. The van der Waals surface area contributed by atoms with Crippen molar-refractivity contribution in [2.75, 3.05) is 33.2 Å². The minimum atomic E-state index is -3.40. The van der Waals surface area contributed by atoms with Gasteiger partial charge in [0.15, 0.2) is 0 Å². The Kier molecular flexibility index (Phi) is 4.01. The summed E-state index contributed by atoms with van der Waals surface area (Å²) in [5, 5.41) is 2.08. The summed E-state index contributed by atoms with van der Waals surface area (Å²) >= 11 is 0. The van der Waals surface area contributed by atoms with Crippen LogP contribution in [0.15, 0.2) is 30.3 Å². The van der Waals surface area contributed by atoms with Gasteiger partial charge in [0.05, 0.1) is 12.6 Å². The number of nitrogens with one attached hydrogen (secondary N) is 1. The minimum Gasteiger partial charge on any atom is -0.365 e. The van der Waals surface area contributed by atoms with E-state index in [0.29, 0.717) is 39.0 Å². The number of nitrogens with zero attached hydrogens (tertiary/aromatic N) is 2. The van der Waals surface area contributed by atoms with Gasteiger partial charge in [-0.1, -0.05) is 30.3 Å². The number of hydrogen-bond donors (Lipinski definition) is 1. The molecule has 3 saturated heterocycles. The average molecular weight is 365 g/mol. The van der Waals surface area contributed by atoms with E-state index in [4.69, 9.17) is 4.74 Å². The first-order valence-corrected chi connectivity index (χ1v) is 10.1. The van der Waals surface area contributed by atoms with E-state index in [0.717, 1.165) is 5.56 Å². The highest BCUT2D eigenvalue weighted by atomic mass is 32.2. The molecule has 1 N–H and O–H groups in total. The Hall–Kier alpha value is -1.64. The molecule has 0 saturated carbocycles. The first-order chi connectivity index (χ1) is 11.9. The predicted octanol–water partition coefficient (Wildman–Crippen LogP) is 0.426. The lowest BCUT2D eigenvalue weighted by Crippen LogP contribution is -2.58. The molecule has 1 aromatic carbocycles.